The Morgan fingerprint density at radius 1 is 1.55 bits per heavy atom. The van der Waals surface area contributed by atoms with Gasteiger partial charge in [-0.15, -0.1) is 0 Å². The zero-order chi connectivity index (χ0) is 8.06. The number of epoxide rings is 1. The van der Waals surface area contributed by atoms with Crippen LogP contribution in [0.2, 0.25) is 0 Å². The number of hydrogen-bond donors (Lipinski definition) is 0. The summed E-state index contributed by atoms with van der Waals surface area (Å²) in [6.45, 7) is 4.43. The van der Waals surface area contributed by atoms with Gasteiger partial charge in [-0.25, -0.2) is 0 Å². The minimum atomic E-state index is -0.0169. The second-order valence-corrected chi connectivity index (χ2v) is 4.43. The van der Waals surface area contributed by atoms with E-state index in [4.69, 9.17) is 4.74 Å². The molecule has 0 unspecified atom stereocenters. The molecule has 0 aromatic rings. The molecule has 11 heavy (non-hydrogen) atoms. The van der Waals surface area contributed by atoms with Crippen LogP contribution in [0, 0.1) is 5.41 Å². The molecule has 2 fully saturated rings. The summed E-state index contributed by atoms with van der Waals surface area (Å²) in [6, 6.07) is 0. The van der Waals surface area contributed by atoms with E-state index in [1.807, 2.05) is 0 Å². The number of ether oxygens (including phenoxy) is 1. The maximum atomic E-state index is 11.2. The SMILES string of the molecule is CC1(C)CCC(=O)[C@H]2O[C@H]2C1. The van der Waals surface area contributed by atoms with E-state index in [0.717, 1.165) is 12.8 Å². The Kier molecular flexibility index (Phi) is 1.37. The predicted octanol–water partition coefficient (Wildman–Crippen LogP) is 1.53. The first kappa shape index (κ1) is 7.29. The van der Waals surface area contributed by atoms with Crippen LogP contribution in [0.5, 0.6) is 0 Å². The van der Waals surface area contributed by atoms with Crippen molar-refractivity contribution in [2.75, 3.05) is 0 Å². The summed E-state index contributed by atoms with van der Waals surface area (Å²) in [7, 11) is 0. The molecule has 1 aliphatic heterocycles. The lowest BCUT2D eigenvalue weighted by molar-refractivity contribution is -0.120. The highest BCUT2D eigenvalue weighted by atomic mass is 16.6. The van der Waals surface area contributed by atoms with Gasteiger partial charge < -0.3 is 4.74 Å². The van der Waals surface area contributed by atoms with Gasteiger partial charge in [0.2, 0.25) is 0 Å². The number of Topliss-reactive ketones (excluding diaryl/α,β-unsaturated/α-hetero) is 1. The second kappa shape index (κ2) is 2.07. The third kappa shape index (κ3) is 1.32. The summed E-state index contributed by atoms with van der Waals surface area (Å²) >= 11 is 0. The van der Waals surface area contributed by atoms with Gasteiger partial charge in [-0.3, -0.25) is 4.79 Å². The molecule has 2 aliphatic rings. The largest absolute Gasteiger partial charge is 0.361 e. The van der Waals surface area contributed by atoms with Crippen molar-refractivity contribution in [2.45, 2.75) is 45.3 Å². The van der Waals surface area contributed by atoms with Gasteiger partial charge >= 0.3 is 0 Å². The van der Waals surface area contributed by atoms with E-state index in [0.29, 0.717) is 17.6 Å². The Balaban J connectivity index is 2.10. The summed E-state index contributed by atoms with van der Waals surface area (Å²) in [5, 5.41) is 0. The molecule has 2 nitrogen and oxygen atoms in total. The molecule has 62 valence electrons. The summed E-state index contributed by atoms with van der Waals surface area (Å²) in [4.78, 5) is 11.2. The van der Waals surface area contributed by atoms with Gasteiger partial charge in [-0.2, -0.15) is 0 Å². The minimum Gasteiger partial charge on any atom is -0.361 e. The Hall–Kier alpha value is -0.370. The van der Waals surface area contributed by atoms with E-state index in [2.05, 4.69) is 13.8 Å². The van der Waals surface area contributed by atoms with Crippen LogP contribution in [-0.2, 0) is 9.53 Å². The summed E-state index contributed by atoms with van der Waals surface area (Å²) in [5.74, 6) is 0.320. The van der Waals surface area contributed by atoms with E-state index < -0.39 is 0 Å². The number of hydrogen-bond acceptors (Lipinski definition) is 2. The van der Waals surface area contributed by atoms with Gasteiger partial charge in [0.1, 0.15) is 6.10 Å². The van der Waals surface area contributed by atoms with Crippen molar-refractivity contribution in [2.24, 2.45) is 5.41 Å². The lowest BCUT2D eigenvalue weighted by Gasteiger charge is -2.21. The molecule has 2 heteroatoms. The standard InChI is InChI=1S/C9H14O2/c1-9(2)4-3-6(10)8-7(5-9)11-8/h7-8H,3-5H2,1-2H3/t7-,8+/m0/s1. The molecule has 0 aromatic carbocycles. The zero-order valence-corrected chi connectivity index (χ0v) is 7.09. The monoisotopic (exact) mass is 154 g/mol. The van der Waals surface area contributed by atoms with Crippen LogP contribution >= 0.6 is 0 Å². The fourth-order valence-corrected chi connectivity index (χ4v) is 1.83. The summed E-state index contributed by atoms with van der Waals surface area (Å²) in [5.41, 5.74) is 0.311. The molecular weight excluding hydrogens is 140 g/mol. The van der Waals surface area contributed by atoms with Crippen LogP contribution in [0.1, 0.15) is 33.1 Å². The van der Waals surface area contributed by atoms with Crippen LogP contribution in [0.15, 0.2) is 0 Å². The van der Waals surface area contributed by atoms with E-state index in [1.54, 1.807) is 0 Å². The average molecular weight is 154 g/mol. The first-order valence-electron chi connectivity index (χ1n) is 4.27. The molecule has 0 N–H and O–H groups in total. The fraction of sp³-hybridized carbons (Fsp3) is 0.889. The van der Waals surface area contributed by atoms with Crippen molar-refractivity contribution in [1.82, 2.24) is 0 Å². The molecule has 0 aromatic heterocycles. The van der Waals surface area contributed by atoms with Gasteiger partial charge in [-0.1, -0.05) is 13.8 Å². The number of carbonyl (C=O) groups excluding carboxylic acids is 1. The first-order chi connectivity index (χ1) is 5.08. The molecule has 0 bridgehead atoms. The highest BCUT2D eigenvalue weighted by molar-refractivity contribution is 5.86. The second-order valence-electron chi connectivity index (χ2n) is 4.43. The molecule has 1 saturated carbocycles. The van der Waals surface area contributed by atoms with Gasteiger partial charge in [0.15, 0.2) is 5.78 Å². The van der Waals surface area contributed by atoms with Gasteiger partial charge in [0, 0.05) is 6.42 Å². The normalized spacial score (nSPS) is 41.1. The minimum absolute atomic E-state index is 0.0169. The smallest absolute Gasteiger partial charge is 0.164 e. The molecule has 1 heterocycles. The van der Waals surface area contributed by atoms with Crippen molar-refractivity contribution in [1.29, 1.82) is 0 Å². The molecule has 1 saturated heterocycles. The van der Waals surface area contributed by atoms with Crippen molar-refractivity contribution in [3.8, 4) is 0 Å². The summed E-state index contributed by atoms with van der Waals surface area (Å²) < 4.78 is 5.26. The van der Waals surface area contributed by atoms with Crippen molar-refractivity contribution >= 4 is 5.78 Å². The maximum absolute atomic E-state index is 11.2. The maximum Gasteiger partial charge on any atom is 0.164 e. The lowest BCUT2D eigenvalue weighted by atomic mass is 9.85. The third-order valence-corrected chi connectivity index (χ3v) is 2.70. The number of fused-ring (bicyclic) bond motifs is 1. The quantitative estimate of drug-likeness (QED) is 0.495. The topological polar surface area (TPSA) is 29.6 Å². The molecule has 0 amide bonds. The Morgan fingerprint density at radius 2 is 2.27 bits per heavy atom. The van der Waals surface area contributed by atoms with E-state index in [1.165, 1.54) is 0 Å². The third-order valence-electron chi connectivity index (χ3n) is 2.70. The Bertz CT molecular complexity index is 196. The number of ketones is 1. The first-order valence-corrected chi connectivity index (χ1v) is 4.27. The molecular formula is C9H14O2. The van der Waals surface area contributed by atoms with Gasteiger partial charge in [0.05, 0.1) is 6.10 Å². The predicted molar refractivity (Wildman–Crippen MR) is 41.3 cm³/mol. The number of rotatable bonds is 0. The average Bonchev–Trinajstić information content (AvgIpc) is 2.60. The van der Waals surface area contributed by atoms with Crippen LogP contribution in [0.3, 0.4) is 0 Å². The van der Waals surface area contributed by atoms with Crippen molar-refractivity contribution in [3.05, 3.63) is 0 Å². The summed E-state index contributed by atoms with van der Waals surface area (Å²) in [6.07, 6.45) is 3.05. The highest BCUT2D eigenvalue weighted by Crippen LogP contribution is 2.41. The van der Waals surface area contributed by atoms with Gasteiger partial charge in [-0.05, 0) is 18.3 Å². The molecule has 2 atom stereocenters. The van der Waals surface area contributed by atoms with Crippen LogP contribution < -0.4 is 0 Å². The van der Waals surface area contributed by atoms with Gasteiger partial charge in [0.25, 0.3) is 0 Å². The van der Waals surface area contributed by atoms with Crippen LogP contribution in [-0.4, -0.2) is 18.0 Å². The lowest BCUT2D eigenvalue weighted by Crippen LogP contribution is -2.12. The zero-order valence-electron chi connectivity index (χ0n) is 7.09. The van der Waals surface area contributed by atoms with Crippen LogP contribution in [0.25, 0.3) is 0 Å². The fourth-order valence-electron chi connectivity index (χ4n) is 1.83. The van der Waals surface area contributed by atoms with E-state index in [-0.39, 0.29) is 12.2 Å². The van der Waals surface area contributed by atoms with E-state index in [9.17, 15) is 4.79 Å². The van der Waals surface area contributed by atoms with Crippen LogP contribution in [0.4, 0.5) is 0 Å². The van der Waals surface area contributed by atoms with Crippen molar-refractivity contribution in [3.63, 3.8) is 0 Å². The molecule has 0 spiro atoms. The Labute approximate surface area is 66.9 Å². The Morgan fingerprint density at radius 3 is 3.00 bits per heavy atom. The number of carbonyl (C=O) groups is 1. The van der Waals surface area contributed by atoms with E-state index >= 15 is 0 Å². The van der Waals surface area contributed by atoms with Crippen molar-refractivity contribution < 1.29 is 9.53 Å². The molecule has 1 aliphatic carbocycles. The highest BCUT2D eigenvalue weighted by Gasteiger charge is 2.49. The molecule has 0 radical (unpaired) electrons. The molecule has 2 rings (SSSR count).